The molecule has 2 heterocycles. The Morgan fingerprint density at radius 2 is 2.00 bits per heavy atom. The first kappa shape index (κ1) is 19.3. The molecule has 1 amide bonds. The van der Waals surface area contributed by atoms with E-state index in [-0.39, 0.29) is 11.9 Å². The molecular formula is C22H25N5O2. The van der Waals surface area contributed by atoms with Crippen molar-refractivity contribution in [3.05, 3.63) is 77.4 Å². The van der Waals surface area contributed by atoms with E-state index in [0.717, 1.165) is 43.4 Å². The Morgan fingerprint density at radius 1 is 1.21 bits per heavy atom. The van der Waals surface area contributed by atoms with Crippen LogP contribution in [0.3, 0.4) is 0 Å². The molecule has 0 radical (unpaired) electrons. The van der Waals surface area contributed by atoms with Crippen molar-refractivity contribution in [3.63, 3.8) is 0 Å². The molecule has 1 fully saturated rings. The number of hydrogen-bond acceptors (Lipinski definition) is 5. The Kier molecular flexibility index (Phi) is 5.97. The normalized spacial score (nSPS) is 15.8. The minimum absolute atomic E-state index is 0.118. The van der Waals surface area contributed by atoms with Gasteiger partial charge < -0.3 is 10.1 Å². The fourth-order valence-electron chi connectivity index (χ4n) is 3.54. The quantitative estimate of drug-likeness (QED) is 0.675. The molecule has 1 atom stereocenters. The molecule has 0 spiro atoms. The number of ether oxygens (including phenoxy) is 1. The van der Waals surface area contributed by atoms with Crippen molar-refractivity contribution < 1.29 is 9.53 Å². The number of nitrogens with one attached hydrogen (secondary N) is 2. The van der Waals surface area contributed by atoms with E-state index >= 15 is 0 Å². The van der Waals surface area contributed by atoms with Gasteiger partial charge in [-0.3, -0.25) is 14.8 Å². The number of carbonyl (C=O) groups excluding carboxylic acids is 1. The number of benzene rings is 2. The van der Waals surface area contributed by atoms with Crippen LogP contribution >= 0.6 is 0 Å². The number of amides is 1. The van der Waals surface area contributed by atoms with Crippen molar-refractivity contribution in [3.8, 4) is 0 Å². The van der Waals surface area contributed by atoms with Gasteiger partial charge in [-0.15, -0.1) is 0 Å². The van der Waals surface area contributed by atoms with Gasteiger partial charge >= 0.3 is 0 Å². The molecule has 7 nitrogen and oxygen atoms in total. The highest BCUT2D eigenvalue weighted by atomic mass is 16.5. The summed E-state index contributed by atoms with van der Waals surface area (Å²) < 4.78 is 5.44. The van der Waals surface area contributed by atoms with Crippen LogP contribution in [0.5, 0.6) is 0 Å². The Hall–Kier alpha value is -3.03. The third-order valence-corrected chi connectivity index (χ3v) is 5.27. The summed E-state index contributed by atoms with van der Waals surface area (Å²) in [5.41, 5.74) is 3.68. The summed E-state index contributed by atoms with van der Waals surface area (Å²) in [7, 11) is 0. The zero-order chi connectivity index (χ0) is 20.1. The second kappa shape index (κ2) is 8.98. The summed E-state index contributed by atoms with van der Waals surface area (Å²) in [4.78, 5) is 19.2. The summed E-state index contributed by atoms with van der Waals surface area (Å²) in [5, 5.41) is 9.70. The maximum atomic E-state index is 12.7. The number of carbonyl (C=O) groups is 1. The van der Waals surface area contributed by atoms with E-state index in [1.807, 2.05) is 36.4 Å². The van der Waals surface area contributed by atoms with Gasteiger partial charge in [-0.1, -0.05) is 24.3 Å². The number of aromatic amines is 1. The number of aromatic nitrogens is 3. The van der Waals surface area contributed by atoms with Crippen molar-refractivity contribution in [2.45, 2.75) is 19.4 Å². The van der Waals surface area contributed by atoms with Crippen LogP contribution in [0.25, 0.3) is 0 Å². The Balaban J connectivity index is 1.40. The molecule has 7 heteroatoms. The fourth-order valence-corrected chi connectivity index (χ4v) is 3.54. The number of rotatable bonds is 6. The highest BCUT2D eigenvalue weighted by molar-refractivity contribution is 6.04. The van der Waals surface area contributed by atoms with Crippen LogP contribution in [0.2, 0.25) is 0 Å². The molecule has 1 unspecified atom stereocenters. The van der Waals surface area contributed by atoms with Crippen LogP contribution in [-0.4, -0.2) is 52.3 Å². The van der Waals surface area contributed by atoms with Crippen LogP contribution in [0, 0.1) is 0 Å². The van der Waals surface area contributed by atoms with Gasteiger partial charge in [-0.05, 0) is 42.3 Å². The van der Waals surface area contributed by atoms with E-state index < -0.39 is 0 Å². The molecule has 1 aliphatic rings. The largest absolute Gasteiger partial charge is 0.379 e. The highest BCUT2D eigenvalue weighted by Crippen LogP contribution is 2.24. The lowest BCUT2D eigenvalue weighted by molar-refractivity contribution is 0.0199. The molecule has 1 aliphatic heterocycles. The lowest BCUT2D eigenvalue weighted by Gasteiger charge is -2.32. The second-order valence-corrected chi connectivity index (χ2v) is 7.21. The van der Waals surface area contributed by atoms with Crippen LogP contribution in [0.15, 0.2) is 54.9 Å². The molecule has 0 bridgehead atoms. The zero-order valence-electron chi connectivity index (χ0n) is 16.5. The van der Waals surface area contributed by atoms with Crippen LogP contribution in [-0.2, 0) is 11.2 Å². The summed E-state index contributed by atoms with van der Waals surface area (Å²) in [6.07, 6.45) is 2.15. The van der Waals surface area contributed by atoms with Crippen molar-refractivity contribution in [2.75, 3.05) is 31.6 Å². The van der Waals surface area contributed by atoms with Crippen LogP contribution in [0.1, 0.15) is 40.3 Å². The number of hydrogen-bond donors (Lipinski definition) is 2. The molecule has 0 saturated carbocycles. The first-order valence-corrected chi connectivity index (χ1v) is 9.85. The minimum Gasteiger partial charge on any atom is -0.379 e. The number of H-pyrrole nitrogens is 1. The van der Waals surface area contributed by atoms with Gasteiger partial charge in [0.1, 0.15) is 12.2 Å². The molecule has 1 saturated heterocycles. The van der Waals surface area contributed by atoms with Crippen molar-refractivity contribution in [1.82, 2.24) is 20.1 Å². The predicted molar refractivity (Wildman–Crippen MR) is 111 cm³/mol. The van der Waals surface area contributed by atoms with E-state index in [4.69, 9.17) is 4.74 Å². The standard InChI is InChI=1S/C22H25N5O2/c1-16(27-9-11-29-12-10-27)19-3-2-4-20(14-19)25-22(28)18-7-5-17(6-8-18)13-21-23-15-24-26-21/h2-8,14-16H,9-13H2,1H3,(H,25,28)(H,23,24,26). The van der Waals surface area contributed by atoms with Gasteiger partial charge in [0.15, 0.2) is 0 Å². The number of anilines is 1. The highest BCUT2D eigenvalue weighted by Gasteiger charge is 2.19. The molecule has 4 rings (SSSR count). The summed E-state index contributed by atoms with van der Waals surface area (Å²) in [6.45, 7) is 5.59. The SMILES string of the molecule is CC(c1cccc(NC(=O)c2ccc(Cc3ncn[nH]3)cc2)c1)N1CCOCC1. The Labute approximate surface area is 170 Å². The van der Waals surface area contributed by atoms with Gasteiger partial charge in [0.25, 0.3) is 5.91 Å². The van der Waals surface area contributed by atoms with Crippen molar-refractivity contribution in [1.29, 1.82) is 0 Å². The predicted octanol–water partition coefficient (Wildman–Crippen LogP) is 3.04. The van der Waals surface area contributed by atoms with Gasteiger partial charge in [0.2, 0.25) is 0 Å². The van der Waals surface area contributed by atoms with Gasteiger partial charge in [-0.2, -0.15) is 5.10 Å². The molecule has 29 heavy (non-hydrogen) atoms. The minimum atomic E-state index is -0.118. The molecule has 2 N–H and O–H groups in total. The number of morpholine rings is 1. The first-order chi connectivity index (χ1) is 14.2. The molecule has 150 valence electrons. The maximum Gasteiger partial charge on any atom is 0.255 e. The molecular weight excluding hydrogens is 366 g/mol. The monoisotopic (exact) mass is 391 g/mol. The van der Waals surface area contributed by atoms with Gasteiger partial charge in [-0.25, -0.2) is 4.98 Å². The van der Waals surface area contributed by atoms with E-state index in [0.29, 0.717) is 12.0 Å². The summed E-state index contributed by atoms with van der Waals surface area (Å²) in [5.74, 6) is 0.681. The average Bonchev–Trinajstić information content (AvgIpc) is 3.27. The maximum absolute atomic E-state index is 12.7. The smallest absolute Gasteiger partial charge is 0.255 e. The first-order valence-electron chi connectivity index (χ1n) is 9.85. The summed E-state index contributed by atoms with van der Waals surface area (Å²) in [6, 6.07) is 15.9. The van der Waals surface area contributed by atoms with Crippen LogP contribution in [0.4, 0.5) is 5.69 Å². The lowest BCUT2D eigenvalue weighted by atomic mass is 10.1. The molecule has 1 aromatic heterocycles. The Morgan fingerprint density at radius 3 is 2.72 bits per heavy atom. The fraction of sp³-hybridized carbons (Fsp3) is 0.318. The average molecular weight is 391 g/mol. The second-order valence-electron chi connectivity index (χ2n) is 7.21. The van der Waals surface area contributed by atoms with E-state index in [2.05, 4.69) is 44.5 Å². The molecule has 2 aromatic carbocycles. The van der Waals surface area contributed by atoms with E-state index in [1.165, 1.54) is 11.9 Å². The Bertz CT molecular complexity index is 934. The third-order valence-electron chi connectivity index (χ3n) is 5.27. The van der Waals surface area contributed by atoms with Crippen molar-refractivity contribution >= 4 is 11.6 Å². The molecule has 3 aromatic rings. The third kappa shape index (κ3) is 4.88. The van der Waals surface area contributed by atoms with Crippen LogP contribution < -0.4 is 5.32 Å². The van der Waals surface area contributed by atoms with E-state index in [9.17, 15) is 4.79 Å². The topological polar surface area (TPSA) is 83.1 Å². The van der Waals surface area contributed by atoms with E-state index in [1.54, 1.807) is 0 Å². The molecule has 0 aliphatic carbocycles. The van der Waals surface area contributed by atoms with Gasteiger partial charge in [0, 0.05) is 36.8 Å². The number of nitrogens with zero attached hydrogens (tertiary/aromatic N) is 3. The lowest BCUT2D eigenvalue weighted by Crippen LogP contribution is -2.38. The zero-order valence-corrected chi connectivity index (χ0v) is 16.5. The van der Waals surface area contributed by atoms with Gasteiger partial charge in [0.05, 0.1) is 13.2 Å². The van der Waals surface area contributed by atoms with Crippen molar-refractivity contribution in [2.24, 2.45) is 0 Å². The summed E-state index contributed by atoms with van der Waals surface area (Å²) >= 11 is 0.